The molecular formula is C25H17BrN2O3S. The van der Waals surface area contributed by atoms with E-state index in [0.717, 1.165) is 20.3 Å². The molecule has 0 aliphatic carbocycles. The number of thiazole rings is 1. The molecule has 1 aliphatic rings. The van der Waals surface area contributed by atoms with E-state index in [1.165, 1.54) is 16.2 Å². The van der Waals surface area contributed by atoms with Crippen LogP contribution in [0.4, 0.5) is 5.13 Å². The molecule has 7 heteroatoms. The molecule has 0 bridgehead atoms. The number of hydrogen-bond donors (Lipinski definition) is 1. The average Bonchev–Trinajstić information content (AvgIpc) is 3.32. The molecule has 32 heavy (non-hydrogen) atoms. The molecule has 5 rings (SSSR count). The number of nitrogens with zero attached hydrogens (tertiary/aromatic N) is 2. The second-order valence-corrected chi connectivity index (χ2v) is 9.48. The van der Waals surface area contributed by atoms with Gasteiger partial charge in [0.15, 0.2) is 5.13 Å². The lowest BCUT2D eigenvalue weighted by Gasteiger charge is -2.23. The van der Waals surface area contributed by atoms with Crippen LogP contribution in [0.3, 0.4) is 0 Å². The number of fused-ring (bicyclic) bond motifs is 1. The standard InChI is InChI=1S/C25H17BrN2O3S/c1-14-10-11-18-19(12-14)32-25(27-18)28-21(16-8-5-9-17(26)13-16)20(23(30)24(28)31)22(29)15-6-3-2-4-7-15/h2-13,21,29H,1H3/t21-/m1/s1. The Kier molecular flexibility index (Phi) is 5.15. The predicted molar refractivity (Wildman–Crippen MR) is 130 cm³/mol. The molecule has 158 valence electrons. The first-order chi connectivity index (χ1) is 15.4. The van der Waals surface area contributed by atoms with Gasteiger partial charge in [-0.3, -0.25) is 14.5 Å². The second-order valence-electron chi connectivity index (χ2n) is 7.56. The van der Waals surface area contributed by atoms with Crippen LogP contribution in [0.1, 0.15) is 22.7 Å². The zero-order valence-electron chi connectivity index (χ0n) is 16.9. The monoisotopic (exact) mass is 504 g/mol. The predicted octanol–water partition coefficient (Wildman–Crippen LogP) is 5.99. The van der Waals surface area contributed by atoms with E-state index in [4.69, 9.17) is 0 Å². The molecule has 0 saturated carbocycles. The van der Waals surface area contributed by atoms with Crippen LogP contribution in [0.5, 0.6) is 0 Å². The van der Waals surface area contributed by atoms with Gasteiger partial charge in [-0.1, -0.05) is 75.8 Å². The number of aliphatic hydroxyl groups excluding tert-OH is 1. The van der Waals surface area contributed by atoms with Crippen LogP contribution < -0.4 is 4.90 Å². The van der Waals surface area contributed by atoms with Gasteiger partial charge in [0.1, 0.15) is 5.76 Å². The molecule has 2 heterocycles. The van der Waals surface area contributed by atoms with Crippen LogP contribution >= 0.6 is 27.3 Å². The van der Waals surface area contributed by atoms with E-state index in [0.29, 0.717) is 16.3 Å². The summed E-state index contributed by atoms with van der Waals surface area (Å²) in [5.74, 6) is -1.64. The number of benzene rings is 3. The SMILES string of the molecule is Cc1ccc2nc(N3C(=O)C(=O)C(=C(O)c4ccccc4)[C@H]3c3cccc(Br)c3)sc2c1. The highest BCUT2D eigenvalue weighted by Crippen LogP contribution is 2.44. The molecule has 4 aromatic rings. The van der Waals surface area contributed by atoms with E-state index in [9.17, 15) is 14.7 Å². The van der Waals surface area contributed by atoms with Crippen molar-refractivity contribution in [3.63, 3.8) is 0 Å². The summed E-state index contributed by atoms with van der Waals surface area (Å²) in [5.41, 5.74) is 3.07. The number of carbonyl (C=O) groups is 2. The fourth-order valence-electron chi connectivity index (χ4n) is 3.90. The van der Waals surface area contributed by atoms with E-state index in [1.54, 1.807) is 24.3 Å². The number of rotatable bonds is 3. The smallest absolute Gasteiger partial charge is 0.301 e. The lowest BCUT2D eigenvalue weighted by molar-refractivity contribution is -0.132. The Morgan fingerprint density at radius 3 is 2.56 bits per heavy atom. The largest absolute Gasteiger partial charge is 0.507 e. The van der Waals surface area contributed by atoms with Crippen molar-refractivity contribution in [2.75, 3.05) is 4.90 Å². The average molecular weight is 505 g/mol. The molecule has 0 unspecified atom stereocenters. The minimum Gasteiger partial charge on any atom is -0.507 e. The van der Waals surface area contributed by atoms with Crippen LogP contribution in [-0.4, -0.2) is 21.8 Å². The number of carbonyl (C=O) groups excluding carboxylic acids is 2. The fourth-order valence-corrected chi connectivity index (χ4v) is 5.40. The van der Waals surface area contributed by atoms with E-state index in [-0.39, 0.29) is 11.3 Å². The van der Waals surface area contributed by atoms with Gasteiger partial charge in [-0.25, -0.2) is 4.98 Å². The molecule has 1 aliphatic heterocycles. The van der Waals surface area contributed by atoms with Gasteiger partial charge in [0.05, 0.1) is 21.8 Å². The molecular weight excluding hydrogens is 488 g/mol. The number of hydrogen-bond acceptors (Lipinski definition) is 5. The molecule has 1 atom stereocenters. The van der Waals surface area contributed by atoms with Crippen molar-refractivity contribution in [3.8, 4) is 0 Å². The Bertz CT molecular complexity index is 1410. The molecule has 1 N–H and O–H groups in total. The Morgan fingerprint density at radius 2 is 1.81 bits per heavy atom. The Labute approximate surface area is 196 Å². The van der Waals surface area contributed by atoms with Gasteiger partial charge in [0.2, 0.25) is 0 Å². The van der Waals surface area contributed by atoms with Gasteiger partial charge in [0, 0.05) is 10.0 Å². The van der Waals surface area contributed by atoms with Gasteiger partial charge in [-0.15, -0.1) is 0 Å². The van der Waals surface area contributed by atoms with Crippen LogP contribution in [-0.2, 0) is 9.59 Å². The maximum Gasteiger partial charge on any atom is 0.301 e. The van der Waals surface area contributed by atoms with Gasteiger partial charge < -0.3 is 5.11 Å². The number of ketones is 1. The zero-order chi connectivity index (χ0) is 22.4. The lowest BCUT2D eigenvalue weighted by Crippen LogP contribution is -2.29. The van der Waals surface area contributed by atoms with E-state index in [2.05, 4.69) is 20.9 Å². The maximum atomic E-state index is 13.3. The first kappa shape index (κ1) is 20.6. The first-order valence-corrected chi connectivity index (χ1v) is 11.5. The van der Waals surface area contributed by atoms with Crippen LogP contribution in [0, 0.1) is 6.92 Å². The third-order valence-corrected chi connectivity index (χ3v) is 6.91. The summed E-state index contributed by atoms with van der Waals surface area (Å²) >= 11 is 4.83. The Hall–Kier alpha value is -3.29. The highest BCUT2D eigenvalue weighted by atomic mass is 79.9. The first-order valence-electron chi connectivity index (χ1n) is 9.93. The minimum atomic E-state index is -0.797. The van der Waals surface area contributed by atoms with Gasteiger partial charge in [-0.2, -0.15) is 0 Å². The van der Waals surface area contributed by atoms with Gasteiger partial charge in [0.25, 0.3) is 5.78 Å². The van der Waals surface area contributed by atoms with Gasteiger partial charge in [-0.05, 0) is 42.3 Å². The number of Topliss-reactive ketones (excluding diaryl/α,β-unsaturated/α-hetero) is 1. The van der Waals surface area contributed by atoms with Crippen molar-refractivity contribution in [1.82, 2.24) is 4.98 Å². The number of halogens is 1. The Balaban J connectivity index is 1.75. The lowest BCUT2D eigenvalue weighted by atomic mass is 9.95. The maximum absolute atomic E-state index is 13.3. The van der Waals surface area contributed by atoms with Crippen molar-refractivity contribution in [2.45, 2.75) is 13.0 Å². The van der Waals surface area contributed by atoms with Crippen LogP contribution in [0.25, 0.3) is 16.0 Å². The summed E-state index contributed by atoms with van der Waals surface area (Å²) in [6.45, 7) is 1.99. The summed E-state index contributed by atoms with van der Waals surface area (Å²) in [6.07, 6.45) is 0. The quantitative estimate of drug-likeness (QED) is 0.211. The molecule has 0 radical (unpaired) electrons. The fraction of sp³-hybridized carbons (Fsp3) is 0.0800. The topological polar surface area (TPSA) is 70.5 Å². The second kappa shape index (κ2) is 8.00. The summed E-state index contributed by atoms with van der Waals surface area (Å²) in [4.78, 5) is 32.5. The summed E-state index contributed by atoms with van der Waals surface area (Å²) < 4.78 is 1.73. The number of aryl methyl sites for hydroxylation is 1. The molecule has 1 fully saturated rings. The van der Waals surface area contributed by atoms with E-state index >= 15 is 0 Å². The van der Waals surface area contributed by atoms with Crippen molar-refractivity contribution in [1.29, 1.82) is 0 Å². The van der Waals surface area contributed by atoms with Crippen LogP contribution in [0.2, 0.25) is 0 Å². The van der Waals surface area contributed by atoms with Crippen molar-refractivity contribution in [3.05, 3.63) is 99.5 Å². The van der Waals surface area contributed by atoms with Crippen molar-refractivity contribution < 1.29 is 14.7 Å². The zero-order valence-corrected chi connectivity index (χ0v) is 19.4. The highest BCUT2D eigenvalue weighted by Gasteiger charge is 2.48. The summed E-state index contributed by atoms with van der Waals surface area (Å²) in [5, 5.41) is 11.5. The third-order valence-electron chi connectivity index (χ3n) is 5.39. The normalized spacial score (nSPS) is 17.9. The molecule has 1 aromatic heterocycles. The third kappa shape index (κ3) is 3.43. The van der Waals surface area contributed by atoms with E-state index < -0.39 is 17.7 Å². The number of anilines is 1. The number of aliphatic hydroxyl groups is 1. The Morgan fingerprint density at radius 1 is 1.03 bits per heavy atom. The van der Waals surface area contributed by atoms with Crippen molar-refractivity contribution in [2.24, 2.45) is 0 Å². The molecule has 1 amide bonds. The van der Waals surface area contributed by atoms with E-state index in [1.807, 2.05) is 55.5 Å². The summed E-state index contributed by atoms with van der Waals surface area (Å²) in [6, 6.07) is 21.2. The highest BCUT2D eigenvalue weighted by molar-refractivity contribution is 9.10. The minimum absolute atomic E-state index is 0.0507. The molecule has 0 spiro atoms. The summed E-state index contributed by atoms with van der Waals surface area (Å²) in [7, 11) is 0. The van der Waals surface area contributed by atoms with Crippen LogP contribution in [0.15, 0.2) is 82.8 Å². The molecule has 3 aromatic carbocycles. The number of amides is 1. The molecule has 5 nitrogen and oxygen atoms in total. The van der Waals surface area contributed by atoms with Crippen molar-refractivity contribution >= 4 is 60.1 Å². The number of aromatic nitrogens is 1. The van der Waals surface area contributed by atoms with Gasteiger partial charge >= 0.3 is 5.91 Å². The molecule has 1 saturated heterocycles.